The number of anilines is 2. The topological polar surface area (TPSA) is 50.9 Å². The maximum Gasteiger partial charge on any atom is 0.125 e. The third kappa shape index (κ3) is 1.39. The normalized spacial score (nSPS) is 9.40. The van der Waals surface area contributed by atoms with E-state index in [1.54, 1.807) is 12.3 Å². The molecule has 0 unspecified atom stereocenters. The lowest BCUT2D eigenvalue weighted by Crippen LogP contribution is -1.94. The maximum atomic E-state index is 5.43. The van der Waals surface area contributed by atoms with E-state index in [0.717, 1.165) is 10.2 Å². The molecule has 1 aromatic heterocycles. The van der Waals surface area contributed by atoms with Crippen LogP contribution in [0.25, 0.3) is 0 Å². The van der Waals surface area contributed by atoms with Gasteiger partial charge in [-0.05, 0) is 15.9 Å². The van der Waals surface area contributed by atoms with Crippen molar-refractivity contribution in [1.29, 1.82) is 0 Å². The van der Waals surface area contributed by atoms with Crippen LogP contribution in [0.2, 0.25) is 0 Å². The molecule has 0 aliphatic carbocycles. The lowest BCUT2D eigenvalue weighted by Gasteiger charge is -2.02. The standard InChI is InChI=1S/C6H8BrN3/c1-9-5-2-6(8)10-3-4(5)7/h2-3H,1H3,(H3,8,9,10). The Bertz CT molecular complexity index is 236. The van der Waals surface area contributed by atoms with E-state index in [1.807, 2.05) is 7.05 Å². The monoisotopic (exact) mass is 201 g/mol. The van der Waals surface area contributed by atoms with Crippen LogP contribution in [0.4, 0.5) is 11.5 Å². The number of nitrogens with zero attached hydrogens (tertiary/aromatic N) is 1. The number of nitrogens with one attached hydrogen (secondary N) is 1. The molecule has 3 N–H and O–H groups in total. The van der Waals surface area contributed by atoms with Crippen LogP contribution < -0.4 is 11.1 Å². The molecule has 3 nitrogen and oxygen atoms in total. The van der Waals surface area contributed by atoms with Gasteiger partial charge in [-0.25, -0.2) is 4.98 Å². The van der Waals surface area contributed by atoms with Crippen molar-refractivity contribution in [2.45, 2.75) is 0 Å². The summed E-state index contributed by atoms with van der Waals surface area (Å²) in [5, 5.41) is 2.97. The summed E-state index contributed by atoms with van der Waals surface area (Å²) < 4.78 is 0.921. The zero-order valence-electron chi connectivity index (χ0n) is 5.56. The molecule has 1 aromatic rings. The van der Waals surface area contributed by atoms with Crippen LogP contribution in [-0.2, 0) is 0 Å². The second-order valence-corrected chi connectivity index (χ2v) is 2.69. The number of hydrogen-bond acceptors (Lipinski definition) is 3. The smallest absolute Gasteiger partial charge is 0.125 e. The Morgan fingerprint density at radius 1 is 1.70 bits per heavy atom. The lowest BCUT2D eigenvalue weighted by molar-refractivity contribution is 1.30. The quantitative estimate of drug-likeness (QED) is 0.724. The average Bonchev–Trinajstić information content (AvgIpc) is 1.94. The summed E-state index contributed by atoms with van der Waals surface area (Å²) in [6.07, 6.45) is 1.67. The summed E-state index contributed by atoms with van der Waals surface area (Å²) in [7, 11) is 1.83. The molecule has 4 heteroatoms. The summed E-state index contributed by atoms with van der Waals surface area (Å²) in [5.41, 5.74) is 6.38. The third-order valence-corrected chi connectivity index (χ3v) is 1.78. The molecular formula is C6H8BrN3. The Labute approximate surface area is 67.8 Å². The van der Waals surface area contributed by atoms with E-state index in [0.29, 0.717) is 5.82 Å². The molecule has 0 amide bonds. The molecule has 0 fully saturated rings. The highest BCUT2D eigenvalue weighted by atomic mass is 79.9. The zero-order valence-corrected chi connectivity index (χ0v) is 7.14. The van der Waals surface area contributed by atoms with Crippen molar-refractivity contribution in [2.75, 3.05) is 18.1 Å². The van der Waals surface area contributed by atoms with Gasteiger partial charge in [0.05, 0.1) is 10.2 Å². The molecule has 0 bridgehead atoms. The summed E-state index contributed by atoms with van der Waals surface area (Å²) >= 11 is 3.31. The number of rotatable bonds is 1. The first kappa shape index (κ1) is 7.34. The first-order chi connectivity index (χ1) is 4.74. The van der Waals surface area contributed by atoms with Crippen LogP contribution in [0.5, 0.6) is 0 Å². The second kappa shape index (κ2) is 2.88. The van der Waals surface area contributed by atoms with Crippen LogP contribution in [0.15, 0.2) is 16.7 Å². The first-order valence-corrected chi connectivity index (χ1v) is 3.62. The lowest BCUT2D eigenvalue weighted by atomic mass is 10.4. The van der Waals surface area contributed by atoms with E-state index < -0.39 is 0 Å². The van der Waals surface area contributed by atoms with Crippen molar-refractivity contribution < 1.29 is 0 Å². The van der Waals surface area contributed by atoms with Crippen molar-refractivity contribution in [1.82, 2.24) is 4.98 Å². The molecule has 1 heterocycles. The molecule has 0 saturated carbocycles. The SMILES string of the molecule is CNc1cc(N)ncc1Br. The predicted molar refractivity (Wildman–Crippen MR) is 45.9 cm³/mol. The van der Waals surface area contributed by atoms with Gasteiger partial charge in [-0.3, -0.25) is 0 Å². The van der Waals surface area contributed by atoms with E-state index in [1.165, 1.54) is 0 Å². The van der Waals surface area contributed by atoms with Crippen LogP contribution in [0, 0.1) is 0 Å². The van der Waals surface area contributed by atoms with Crippen molar-refractivity contribution >= 4 is 27.4 Å². The Morgan fingerprint density at radius 3 is 2.90 bits per heavy atom. The summed E-state index contributed by atoms with van der Waals surface area (Å²) in [6, 6.07) is 1.77. The van der Waals surface area contributed by atoms with Crippen LogP contribution in [-0.4, -0.2) is 12.0 Å². The molecule has 0 aliphatic heterocycles. The number of nitrogens with two attached hydrogens (primary N) is 1. The van der Waals surface area contributed by atoms with Crippen molar-refractivity contribution in [3.8, 4) is 0 Å². The fraction of sp³-hybridized carbons (Fsp3) is 0.167. The van der Waals surface area contributed by atoms with Gasteiger partial charge >= 0.3 is 0 Å². The summed E-state index contributed by atoms with van der Waals surface area (Å²) in [4.78, 5) is 3.88. The van der Waals surface area contributed by atoms with Gasteiger partial charge < -0.3 is 11.1 Å². The van der Waals surface area contributed by atoms with Crippen molar-refractivity contribution in [3.05, 3.63) is 16.7 Å². The highest BCUT2D eigenvalue weighted by Gasteiger charge is 1.96. The van der Waals surface area contributed by atoms with Gasteiger partial charge in [0, 0.05) is 19.3 Å². The molecule has 0 aliphatic rings. The second-order valence-electron chi connectivity index (χ2n) is 1.84. The highest BCUT2D eigenvalue weighted by Crippen LogP contribution is 2.21. The van der Waals surface area contributed by atoms with E-state index in [9.17, 15) is 0 Å². The Kier molecular flexibility index (Phi) is 2.11. The summed E-state index contributed by atoms with van der Waals surface area (Å²) in [5.74, 6) is 0.521. The van der Waals surface area contributed by atoms with Crippen molar-refractivity contribution in [3.63, 3.8) is 0 Å². The first-order valence-electron chi connectivity index (χ1n) is 2.83. The zero-order chi connectivity index (χ0) is 7.56. The molecule has 54 valence electrons. The van der Waals surface area contributed by atoms with E-state index in [-0.39, 0.29) is 0 Å². The largest absolute Gasteiger partial charge is 0.387 e. The highest BCUT2D eigenvalue weighted by molar-refractivity contribution is 9.10. The number of aromatic nitrogens is 1. The van der Waals surface area contributed by atoms with Gasteiger partial charge in [-0.2, -0.15) is 0 Å². The third-order valence-electron chi connectivity index (χ3n) is 1.15. The van der Waals surface area contributed by atoms with Crippen LogP contribution in [0.1, 0.15) is 0 Å². The fourth-order valence-electron chi connectivity index (χ4n) is 0.646. The molecule has 10 heavy (non-hydrogen) atoms. The van der Waals surface area contributed by atoms with Gasteiger partial charge in [-0.15, -0.1) is 0 Å². The molecule has 0 atom stereocenters. The van der Waals surface area contributed by atoms with Gasteiger partial charge in [0.1, 0.15) is 5.82 Å². The van der Waals surface area contributed by atoms with Crippen LogP contribution >= 0.6 is 15.9 Å². The minimum absolute atomic E-state index is 0.521. The Hall–Kier alpha value is -0.770. The molecule has 1 rings (SSSR count). The maximum absolute atomic E-state index is 5.43. The van der Waals surface area contributed by atoms with Gasteiger partial charge in [0.25, 0.3) is 0 Å². The van der Waals surface area contributed by atoms with E-state index in [4.69, 9.17) is 5.73 Å². The van der Waals surface area contributed by atoms with Gasteiger partial charge in [0.15, 0.2) is 0 Å². The molecule has 0 saturated heterocycles. The van der Waals surface area contributed by atoms with E-state index in [2.05, 4.69) is 26.2 Å². The minimum Gasteiger partial charge on any atom is -0.387 e. The van der Waals surface area contributed by atoms with Crippen LogP contribution in [0.3, 0.4) is 0 Å². The van der Waals surface area contributed by atoms with Gasteiger partial charge in [0.2, 0.25) is 0 Å². The fourth-order valence-corrected chi connectivity index (χ4v) is 1.06. The average molecular weight is 202 g/mol. The van der Waals surface area contributed by atoms with Gasteiger partial charge in [-0.1, -0.05) is 0 Å². The molecule has 0 radical (unpaired) electrons. The molecule has 0 spiro atoms. The summed E-state index contributed by atoms with van der Waals surface area (Å²) in [6.45, 7) is 0. The number of pyridine rings is 1. The Morgan fingerprint density at radius 2 is 2.40 bits per heavy atom. The number of hydrogen-bond donors (Lipinski definition) is 2. The van der Waals surface area contributed by atoms with Crippen molar-refractivity contribution in [2.24, 2.45) is 0 Å². The Balaban J connectivity index is 3.09. The number of nitrogen functional groups attached to an aromatic ring is 1. The molecular weight excluding hydrogens is 194 g/mol. The minimum atomic E-state index is 0.521. The molecule has 0 aromatic carbocycles. The predicted octanol–water partition coefficient (Wildman–Crippen LogP) is 1.47. The number of halogens is 1. The van der Waals surface area contributed by atoms with E-state index >= 15 is 0 Å².